The minimum atomic E-state index is -0.912. The SMILES string of the molecule is C[C@H](Nc1ccc(-c2ccc(N[C@@H](Cc3c4ccccc4cc4ccccc34)C(=O)O)cc2)cc1)C(=O)O. The molecule has 5 aromatic carbocycles. The van der Waals surface area contributed by atoms with E-state index in [2.05, 4.69) is 28.8 Å². The summed E-state index contributed by atoms with van der Waals surface area (Å²) in [5.74, 6) is -1.82. The lowest BCUT2D eigenvalue weighted by Gasteiger charge is -2.19. The van der Waals surface area contributed by atoms with Crippen molar-refractivity contribution in [1.29, 1.82) is 0 Å². The molecule has 5 aromatic rings. The van der Waals surface area contributed by atoms with E-state index in [-0.39, 0.29) is 0 Å². The highest BCUT2D eigenvalue weighted by Gasteiger charge is 2.21. The number of nitrogens with one attached hydrogen (secondary N) is 2. The van der Waals surface area contributed by atoms with E-state index in [0.717, 1.165) is 49.6 Å². The van der Waals surface area contributed by atoms with Crippen LogP contribution in [0.2, 0.25) is 0 Å². The highest BCUT2D eigenvalue weighted by molar-refractivity contribution is 6.02. The van der Waals surface area contributed by atoms with Crippen LogP contribution in [-0.2, 0) is 16.0 Å². The topological polar surface area (TPSA) is 98.7 Å². The van der Waals surface area contributed by atoms with Crippen molar-refractivity contribution in [2.24, 2.45) is 0 Å². The zero-order valence-corrected chi connectivity index (χ0v) is 20.9. The van der Waals surface area contributed by atoms with Crippen LogP contribution in [0.3, 0.4) is 0 Å². The molecule has 0 fully saturated rings. The van der Waals surface area contributed by atoms with Crippen LogP contribution < -0.4 is 10.6 Å². The largest absolute Gasteiger partial charge is 0.480 e. The Balaban J connectivity index is 1.36. The number of carbonyl (C=O) groups is 2. The number of hydrogen-bond acceptors (Lipinski definition) is 4. The van der Waals surface area contributed by atoms with Gasteiger partial charge in [-0.3, -0.25) is 4.79 Å². The van der Waals surface area contributed by atoms with Crippen molar-refractivity contribution in [2.75, 3.05) is 10.6 Å². The summed E-state index contributed by atoms with van der Waals surface area (Å²) in [6, 6.07) is 32.0. The highest BCUT2D eigenvalue weighted by atomic mass is 16.4. The quantitative estimate of drug-likeness (QED) is 0.168. The monoisotopic (exact) mass is 504 g/mol. The van der Waals surface area contributed by atoms with Crippen LogP contribution in [0.1, 0.15) is 12.5 Å². The van der Waals surface area contributed by atoms with Crippen molar-refractivity contribution in [2.45, 2.75) is 25.4 Å². The summed E-state index contributed by atoms with van der Waals surface area (Å²) in [6.07, 6.45) is 0.335. The molecule has 190 valence electrons. The zero-order valence-electron chi connectivity index (χ0n) is 20.9. The number of carboxylic acids is 2. The first-order chi connectivity index (χ1) is 18.4. The first kappa shape index (κ1) is 24.8. The van der Waals surface area contributed by atoms with Gasteiger partial charge in [0.1, 0.15) is 12.1 Å². The van der Waals surface area contributed by atoms with Gasteiger partial charge in [0.2, 0.25) is 0 Å². The van der Waals surface area contributed by atoms with Gasteiger partial charge in [0.05, 0.1) is 0 Å². The Morgan fingerprint density at radius 2 is 1.13 bits per heavy atom. The first-order valence-corrected chi connectivity index (χ1v) is 12.5. The van der Waals surface area contributed by atoms with Crippen molar-refractivity contribution >= 4 is 44.9 Å². The van der Waals surface area contributed by atoms with E-state index in [9.17, 15) is 14.7 Å². The molecule has 0 aliphatic rings. The predicted octanol–water partition coefficient (Wildman–Crippen LogP) is 6.65. The second-order valence-electron chi connectivity index (χ2n) is 9.40. The smallest absolute Gasteiger partial charge is 0.326 e. The van der Waals surface area contributed by atoms with E-state index in [1.165, 1.54) is 0 Å². The lowest BCUT2D eigenvalue weighted by Crippen LogP contribution is -2.31. The maximum atomic E-state index is 12.3. The fourth-order valence-electron chi connectivity index (χ4n) is 4.76. The Hall–Kier alpha value is -4.84. The first-order valence-electron chi connectivity index (χ1n) is 12.5. The molecule has 0 aliphatic heterocycles. The van der Waals surface area contributed by atoms with Crippen LogP contribution in [-0.4, -0.2) is 34.2 Å². The lowest BCUT2D eigenvalue weighted by molar-refractivity contribution is -0.138. The predicted molar refractivity (Wildman–Crippen MR) is 153 cm³/mol. The molecule has 0 heterocycles. The lowest BCUT2D eigenvalue weighted by atomic mass is 9.92. The van der Waals surface area contributed by atoms with E-state index < -0.39 is 24.0 Å². The molecular formula is C32H28N2O4. The number of rotatable bonds is 9. The second-order valence-corrected chi connectivity index (χ2v) is 9.40. The summed E-state index contributed by atoms with van der Waals surface area (Å²) in [6.45, 7) is 1.59. The minimum absolute atomic E-state index is 0.335. The van der Waals surface area contributed by atoms with Gasteiger partial charge >= 0.3 is 11.9 Å². The molecule has 0 amide bonds. The van der Waals surface area contributed by atoms with Gasteiger partial charge in [0.15, 0.2) is 0 Å². The molecule has 0 spiro atoms. The second kappa shape index (κ2) is 10.6. The minimum Gasteiger partial charge on any atom is -0.480 e. The average molecular weight is 505 g/mol. The van der Waals surface area contributed by atoms with E-state index in [0.29, 0.717) is 6.42 Å². The van der Waals surface area contributed by atoms with E-state index >= 15 is 0 Å². The molecule has 0 radical (unpaired) electrons. The molecule has 4 N–H and O–H groups in total. The third kappa shape index (κ3) is 5.30. The number of fused-ring (bicyclic) bond motifs is 2. The zero-order chi connectivity index (χ0) is 26.6. The molecule has 38 heavy (non-hydrogen) atoms. The van der Waals surface area contributed by atoms with Crippen LogP contribution in [0.4, 0.5) is 11.4 Å². The number of aliphatic carboxylic acids is 2. The van der Waals surface area contributed by atoms with Gasteiger partial charge in [-0.2, -0.15) is 0 Å². The highest BCUT2D eigenvalue weighted by Crippen LogP contribution is 2.30. The Kier molecular flexibility index (Phi) is 6.96. The van der Waals surface area contributed by atoms with Gasteiger partial charge < -0.3 is 20.8 Å². The van der Waals surface area contributed by atoms with Crippen LogP contribution in [0.15, 0.2) is 103 Å². The molecule has 0 saturated heterocycles. The molecule has 0 unspecified atom stereocenters. The van der Waals surface area contributed by atoms with Crippen molar-refractivity contribution in [3.05, 3.63) is 109 Å². The van der Waals surface area contributed by atoms with Crippen molar-refractivity contribution in [1.82, 2.24) is 0 Å². The molecule has 0 saturated carbocycles. The number of carboxylic acid groups (broad SMARTS) is 2. The van der Waals surface area contributed by atoms with Gasteiger partial charge in [-0.05, 0) is 75.5 Å². The Morgan fingerprint density at radius 1 is 0.658 bits per heavy atom. The number of hydrogen-bond donors (Lipinski definition) is 4. The number of benzene rings is 5. The van der Waals surface area contributed by atoms with Gasteiger partial charge in [0.25, 0.3) is 0 Å². The Morgan fingerprint density at radius 3 is 1.61 bits per heavy atom. The van der Waals surface area contributed by atoms with Crippen molar-refractivity contribution < 1.29 is 19.8 Å². The maximum Gasteiger partial charge on any atom is 0.326 e. The molecule has 0 aliphatic carbocycles. The van der Waals surface area contributed by atoms with Gasteiger partial charge in [0, 0.05) is 17.8 Å². The van der Waals surface area contributed by atoms with Crippen LogP contribution in [0.25, 0.3) is 32.7 Å². The maximum absolute atomic E-state index is 12.3. The van der Waals surface area contributed by atoms with Crippen LogP contribution >= 0.6 is 0 Å². The van der Waals surface area contributed by atoms with Crippen molar-refractivity contribution in [3.8, 4) is 11.1 Å². The van der Waals surface area contributed by atoms with Crippen LogP contribution in [0, 0.1) is 0 Å². The molecule has 6 heteroatoms. The van der Waals surface area contributed by atoms with Gasteiger partial charge in [-0.15, -0.1) is 0 Å². The van der Waals surface area contributed by atoms with Crippen LogP contribution in [0.5, 0.6) is 0 Å². The fraction of sp³-hybridized carbons (Fsp3) is 0.125. The summed E-state index contributed by atoms with van der Waals surface area (Å²) in [5.41, 5.74) is 4.41. The molecule has 2 atom stereocenters. The molecular weight excluding hydrogens is 476 g/mol. The van der Waals surface area contributed by atoms with E-state index in [1.807, 2.05) is 84.9 Å². The average Bonchev–Trinajstić information content (AvgIpc) is 2.93. The summed E-state index contributed by atoms with van der Waals surface area (Å²) < 4.78 is 0. The molecule has 0 aromatic heterocycles. The summed E-state index contributed by atoms with van der Waals surface area (Å²) in [7, 11) is 0. The number of anilines is 2. The summed E-state index contributed by atoms with van der Waals surface area (Å²) >= 11 is 0. The van der Waals surface area contributed by atoms with Gasteiger partial charge in [-0.1, -0.05) is 72.8 Å². The third-order valence-electron chi connectivity index (χ3n) is 6.79. The summed E-state index contributed by atoms with van der Waals surface area (Å²) in [4.78, 5) is 23.4. The Labute approximate surface area is 220 Å². The molecule has 5 rings (SSSR count). The summed E-state index contributed by atoms with van der Waals surface area (Å²) in [5, 5.41) is 29.6. The van der Waals surface area contributed by atoms with E-state index in [4.69, 9.17) is 5.11 Å². The molecule has 0 bridgehead atoms. The van der Waals surface area contributed by atoms with Gasteiger partial charge in [-0.25, -0.2) is 4.79 Å². The van der Waals surface area contributed by atoms with Crippen molar-refractivity contribution in [3.63, 3.8) is 0 Å². The Bertz CT molecular complexity index is 1560. The fourth-order valence-corrected chi connectivity index (χ4v) is 4.76. The third-order valence-corrected chi connectivity index (χ3v) is 6.79. The normalized spacial score (nSPS) is 12.7. The molecule has 6 nitrogen and oxygen atoms in total. The van der Waals surface area contributed by atoms with E-state index in [1.54, 1.807) is 6.92 Å². The standard InChI is InChI=1S/C32H28N2O4/c1-20(31(35)36)33-25-14-10-21(11-15-25)22-12-16-26(17-13-22)34-30(32(37)38)19-29-27-8-4-2-6-23(27)18-24-7-3-5-9-28(24)29/h2-18,20,30,33-34H,19H2,1H3,(H,35,36)(H,37,38)/t20-,30-/m0/s1.